The Bertz CT molecular complexity index is 541. The number of benzene rings is 1. The molecule has 2 unspecified atom stereocenters. The lowest BCUT2D eigenvalue weighted by molar-refractivity contribution is 0.0780. The molecule has 0 spiro atoms. The summed E-state index contributed by atoms with van der Waals surface area (Å²) in [6, 6.07) is 6.53. The van der Waals surface area contributed by atoms with E-state index in [1.54, 1.807) is 0 Å². The van der Waals surface area contributed by atoms with Gasteiger partial charge in [0.15, 0.2) is 0 Å². The molecule has 114 valence electrons. The van der Waals surface area contributed by atoms with Gasteiger partial charge in [-0.3, -0.25) is 4.79 Å². The predicted octanol–water partition coefficient (Wildman–Crippen LogP) is 2.07. The van der Waals surface area contributed by atoms with Crippen LogP contribution in [-0.2, 0) is 6.42 Å². The van der Waals surface area contributed by atoms with Crippen molar-refractivity contribution in [3.63, 3.8) is 0 Å². The average molecular weight is 287 g/mol. The first-order valence-electron chi connectivity index (χ1n) is 7.89. The molecule has 0 aliphatic carbocycles. The maximum Gasteiger partial charge on any atom is 0.254 e. The molecule has 1 N–H and O–H groups in total. The maximum absolute atomic E-state index is 12.9. The number of carbonyl (C=O) groups excluding carboxylic acids is 1. The Balaban J connectivity index is 1.83. The summed E-state index contributed by atoms with van der Waals surface area (Å²) in [6.45, 7) is 4.94. The molecule has 0 radical (unpaired) electrons. The molecule has 1 amide bonds. The molecular weight excluding hydrogens is 262 g/mol. The number of hydrogen-bond acceptors (Lipinski definition) is 3. The van der Waals surface area contributed by atoms with Crippen LogP contribution in [0.2, 0.25) is 0 Å². The molecular formula is C17H25N3O. The predicted molar refractivity (Wildman–Crippen MR) is 85.8 cm³/mol. The Hall–Kier alpha value is -1.55. The van der Waals surface area contributed by atoms with E-state index in [0.717, 1.165) is 43.7 Å². The highest BCUT2D eigenvalue weighted by atomic mass is 16.2. The molecule has 2 atom stereocenters. The summed E-state index contributed by atoms with van der Waals surface area (Å²) in [5.74, 6) is 0.730. The summed E-state index contributed by atoms with van der Waals surface area (Å²) in [5, 5.41) is 3.41. The quantitative estimate of drug-likeness (QED) is 0.904. The SMILES string of the molecule is CC1CN(C(=O)c2cccc3c2CCCN3)CC1N(C)C. The highest BCUT2D eigenvalue weighted by molar-refractivity contribution is 5.97. The molecule has 4 heteroatoms. The fraction of sp³-hybridized carbons (Fsp3) is 0.588. The van der Waals surface area contributed by atoms with Crippen molar-refractivity contribution >= 4 is 11.6 Å². The van der Waals surface area contributed by atoms with Gasteiger partial charge in [-0.2, -0.15) is 0 Å². The second-order valence-electron chi connectivity index (χ2n) is 6.58. The average Bonchev–Trinajstić information content (AvgIpc) is 2.88. The Morgan fingerprint density at radius 1 is 1.33 bits per heavy atom. The number of amides is 1. The van der Waals surface area contributed by atoms with Crippen LogP contribution in [0, 0.1) is 5.92 Å². The van der Waals surface area contributed by atoms with E-state index in [2.05, 4.69) is 37.3 Å². The minimum atomic E-state index is 0.201. The van der Waals surface area contributed by atoms with Crippen molar-refractivity contribution in [2.45, 2.75) is 25.8 Å². The van der Waals surface area contributed by atoms with E-state index in [9.17, 15) is 4.79 Å². The van der Waals surface area contributed by atoms with Gasteiger partial charge in [-0.15, -0.1) is 0 Å². The third kappa shape index (κ3) is 2.64. The minimum absolute atomic E-state index is 0.201. The van der Waals surface area contributed by atoms with E-state index in [4.69, 9.17) is 0 Å². The number of fused-ring (bicyclic) bond motifs is 1. The molecule has 1 saturated heterocycles. The Kier molecular flexibility index (Phi) is 3.89. The fourth-order valence-electron chi connectivity index (χ4n) is 3.67. The molecule has 21 heavy (non-hydrogen) atoms. The summed E-state index contributed by atoms with van der Waals surface area (Å²) in [6.07, 6.45) is 2.11. The van der Waals surface area contributed by atoms with Crippen LogP contribution in [0.3, 0.4) is 0 Å². The largest absolute Gasteiger partial charge is 0.385 e. The lowest BCUT2D eigenvalue weighted by Gasteiger charge is -2.24. The van der Waals surface area contributed by atoms with E-state index in [1.807, 2.05) is 17.0 Å². The molecule has 0 aromatic heterocycles. The molecule has 2 heterocycles. The maximum atomic E-state index is 12.9. The number of likely N-dealkylation sites (tertiary alicyclic amines) is 1. The van der Waals surface area contributed by atoms with Crippen LogP contribution in [0.5, 0.6) is 0 Å². The normalized spacial score (nSPS) is 24.9. The molecule has 0 saturated carbocycles. The van der Waals surface area contributed by atoms with Gasteiger partial charge in [0.1, 0.15) is 0 Å². The number of anilines is 1. The first-order valence-corrected chi connectivity index (χ1v) is 7.89. The van der Waals surface area contributed by atoms with Crippen LogP contribution in [0.25, 0.3) is 0 Å². The Morgan fingerprint density at radius 3 is 2.86 bits per heavy atom. The van der Waals surface area contributed by atoms with Crippen molar-refractivity contribution in [2.75, 3.05) is 39.0 Å². The van der Waals surface area contributed by atoms with Crippen LogP contribution >= 0.6 is 0 Å². The van der Waals surface area contributed by atoms with Gasteiger partial charge < -0.3 is 15.1 Å². The fourth-order valence-corrected chi connectivity index (χ4v) is 3.67. The van der Waals surface area contributed by atoms with Gasteiger partial charge in [-0.25, -0.2) is 0 Å². The molecule has 3 rings (SSSR count). The molecule has 2 aliphatic rings. The third-order valence-electron chi connectivity index (χ3n) is 4.85. The van der Waals surface area contributed by atoms with E-state index >= 15 is 0 Å². The van der Waals surface area contributed by atoms with Crippen molar-refractivity contribution in [2.24, 2.45) is 5.92 Å². The summed E-state index contributed by atoms with van der Waals surface area (Å²) in [7, 11) is 4.20. The molecule has 1 fully saturated rings. The summed E-state index contributed by atoms with van der Waals surface area (Å²) >= 11 is 0. The van der Waals surface area contributed by atoms with Crippen molar-refractivity contribution in [1.82, 2.24) is 9.80 Å². The van der Waals surface area contributed by atoms with Crippen LogP contribution in [-0.4, -0.2) is 55.5 Å². The van der Waals surface area contributed by atoms with Gasteiger partial charge in [0.25, 0.3) is 5.91 Å². The van der Waals surface area contributed by atoms with E-state index in [-0.39, 0.29) is 5.91 Å². The van der Waals surface area contributed by atoms with Crippen LogP contribution in [0.1, 0.15) is 29.3 Å². The smallest absolute Gasteiger partial charge is 0.254 e. The van der Waals surface area contributed by atoms with Gasteiger partial charge >= 0.3 is 0 Å². The number of rotatable bonds is 2. The van der Waals surface area contributed by atoms with E-state index in [1.165, 1.54) is 5.56 Å². The number of nitrogens with one attached hydrogen (secondary N) is 1. The zero-order chi connectivity index (χ0) is 15.0. The second-order valence-corrected chi connectivity index (χ2v) is 6.58. The number of nitrogens with zero attached hydrogens (tertiary/aromatic N) is 2. The van der Waals surface area contributed by atoms with Gasteiger partial charge in [0.2, 0.25) is 0 Å². The molecule has 2 aliphatic heterocycles. The molecule has 1 aromatic rings. The highest BCUT2D eigenvalue weighted by Gasteiger charge is 2.34. The van der Waals surface area contributed by atoms with Gasteiger partial charge in [0.05, 0.1) is 0 Å². The first kappa shape index (κ1) is 14.4. The van der Waals surface area contributed by atoms with Crippen LogP contribution < -0.4 is 5.32 Å². The van der Waals surface area contributed by atoms with Gasteiger partial charge in [-0.1, -0.05) is 13.0 Å². The standard InChI is InChI=1S/C17H25N3O/c1-12-10-20(11-16(12)19(2)3)17(21)14-6-4-8-15-13(14)7-5-9-18-15/h4,6,8,12,16,18H,5,7,9-11H2,1-3H3. The molecule has 0 bridgehead atoms. The first-order chi connectivity index (χ1) is 10.1. The Labute approximate surface area is 127 Å². The van der Waals surface area contributed by atoms with Crippen LogP contribution in [0.15, 0.2) is 18.2 Å². The number of hydrogen-bond donors (Lipinski definition) is 1. The van der Waals surface area contributed by atoms with Gasteiger partial charge in [-0.05, 0) is 50.6 Å². The van der Waals surface area contributed by atoms with Crippen molar-refractivity contribution in [3.8, 4) is 0 Å². The highest BCUT2D eigenvalue weighted by Crippen LogP contribution is 2.28. The third-order valence-corrected chi connectivity index (χ3v) is 4.85. The summed E-state index contributed by atoms with van der Waals surface area (Å²) < 4.78 is 0. The zero-order valence-electron chi connectivity index (χ0n) is 13.2. The topological polar surface area (TPSA) is 35.6 Å². The molecule has 4 nitrogen and oxygen atoms in total. The second kappa shape index (κ2) is 5.68. The zero-order valence-corrected chi connectivity index (χ0v) is 13.2. The number of likely N-dealkylation sites (N-methyl/N-ethyl adjacent to an activating group) is 1. The van der Waals surface area contributed by atoms with Crippen LogP contribution in [0.4, 0.5) is 5.69 Å². The van der Waals surface area contributed by atoms with Crippen molar-refractivity contribution < 1.29 is 4.79 Å². The molecule has 1 aromatic carbocycles. The van der Waals surface area contributed by atoms with E-state index < -0.39 is 0 Å². The Morgan fingerprint density at radius 2 is 2.14 bits per heavy atom. The monoisotopic (exact) mass is 287 g/mol. The number of carbonyl (C=O) groups is 1. The van der Waals surface area contributed by atoms with E-state index in [0.29, 0.717) is 12.0 Å². The lowest BCUT2D eigenvalue weighted by atomic mass is 9.97. The van der Waals surface area contributed by atoms with Crippen molar-refractivity contribution in [1.29, 1.82) is 0 Å². The summed E-state index contributed by atoms with van der Waals surface area (Å²) in [5.41, 5.74) is 3.24. The lowest BCUT2D eigenvalue weighted by Crippen LogP contribution is -2.36. The summed E-state index contributed by atoms with van der Waals surface area (Å²) in [4.78, 5) is 17.2. The van der Waals surface area contributed by atoms with Gasteiger partial charge in [0, 0.05) is 36.9 Å². The van der Waals surface area contributed by atoms with Crippen molar-refractivity contribution in [3.05, 3.63) is 29.3 Å². The minimum Gasteiger partial charge on any atom is -0.385 e.